The fourth-order valence-corrected chi connectivity index (χ4v) is 7.55. The largest absolute Gasteiger partial charge is 0.509 e. The van der Waals surface area contributed by atoms with Crippen molar-refractivity contribution in [2.75, 3.05) is 46.5 Å². The number of methoxy groups -OCH3 is 4. The summed E-state index contributed by atoms with van der Waals surface area (Å²) in [6.07, 6.45) is -1.01. The van der Waals surface area contributed by atoms with Crippen molar-refractivity contribution >= 4 is 49.4 Å². The number of carbonyl (C=O) groups is 3. The van der Waals surface area contributed by atoms with Gasteiger partial charge in [0.05, 0.1) is 27.9 Å². The van der Waals surface area contributed by atoms with Gasteiger partial charge >= 0.3 is 25.8 Å². The first-order valence-electron chi connectivity index (χ1n) is 15.4. The highest BCUT2D eigenvalue weighted by Gasteiger charge is 2.75. The average molecular weight is 702 g/mol. The molecule has 0 aromatic carbocycles. The van der Waals surface area contributed by atoms with Crippen molar-refractivity contribution in [3.05, 3.63) is 0 Å². The SMILES string of the molecule is COC(=O)C(CC(C)C)NP(=O)(NC(CC(C)C)C(=O)OC)OCC(OC)C1OC(=O)OC12C(C)C2/C=N\c1c(N)nc(N)nc1OC. The maximum atomic E-state index is 14.5. The van der Waals surface area contributed by atoms with E-state index >= 15 is 0 Å². The molecule has 3 rings (SSSR count). The van der Waals surface area contributed by atoms with Crippen molar-refractivity contribution in [2.45, 2.75) is 77.4 Å². The van der Waals surface area contributed by atoms with Crippen LogP contribution in [0.3, 0.4) is 0 Å². The third kappa shape index (κ3) is 8.91. The lowest BCUT2D eigenvalue weighted by molar-refractivity contribution is -0.143. The van der Waals surface area contributed by atoms with Crippen LogP contribution in [0.4, 0.5) is 22.2 Å². The molecule has 1 saturated carbocycles. The smallest absolute Gasteiger partial charge is 0.479 e. The first kappa shape index (κ1) is 38.9. The van der Waals surface area contributed by atoms with Gasteiger partial charge in [0.2, 0.25) is 11.8 Å². The van der Waals surface area contributed by atoms with Gasteiger partial charge in [-0.05, 0) is 24.7 Å². The molecule has 1 saturated heterocycles. The molecular weight excluding hydrogens is 653 g/mol. The topological polar surface area (TPSA) is 247 Å². The van der Waals surface area contributed by atoms with Crippen molar-refractivity contribution in [3.63, 3.8) is 0 Å². The number of nitrogen functional groups attached to an aromatic ring is 2. The maximum absolute atomic E-state index is 14.5. The van der Waals surface area contributed by atoms with Gasteiger partial charge in [-0.2, -0.15) is 9.97 Å². The summed E-state index contributed by atoms with van der Waals surface area (Å²) < 4.78 is 52.6. The summed E-state index contributed by atoms with van der Waals surface area (Å²) >= 11 is 0. The van der Waals surface area contributed by atoms with Gasteiger partial charge in [-0.1, -0.05) is 34.6 Å². The average Bonchev–Trinajstić information content (AvgIpc) is 3.39. The Hall–Kier alpha value is -3.57. The Morgan fingerprint density at radius 2 is 1.58 bits per heavy atom. The van der Waals surface area contributed by atoms with Crippen molar-refractivity contribution < 1.29 is 51.9 Å². The molecule has 1 aromatic heterocycles. The van der Waals surface area contributed by atoms with Gasteiger partial charge in [-0.15, -0.1) is 0 Å². The molecule has 1 aromatic rings. The zero-order valence-electron chi connectivity index (χ0n) is 28.8. The summed E-state index contributed by atoms with van der Waals surface area (Å²) in [5, 5.41) is 5.53. The number of esters is 2. The first-order chi connectivity index (χ1) is 22.5. The van der Waals surface area contributed by atoms with Gasteiger partial charge in [0.15, 0.2) is 23.2 Å². The Kier molecular flexibility index (Phi) is 13.1. The molecule has 1 aliphatic heterocycles. The van der Waals surface area contributed by atoms with E-state index in [1.807, 2.05) is 34.6 Å². The summed E-state index contributed by atoms with van der Waals surface area (Å²) in [5.41, 5.74) is 10.6. The van der Waals surface area contributed by atoms with Crippen LogP contribution in [0.2, 0.25) is 0 Å². The van der Waals surface area contributed by atoms with Gasteiger partial charge in [0, 0.05) is 25.2 Å². The molecular formula is C29H48N7O11P. The minimum atomic E-state index is -4.27. The zero-order valence-corrected chi connectivity index (χ0v) is 29.6. The van der Waals surface area contributed by atoms with Crippen LogP contribution in [0.15, 0.2) is 4.99 Å². The Bertz CT molecular complexity index is 1360. The van der Waals surface area contributed by atoms with Crippen molar-refractivity contribution in [1.82, 2.24) is 20.1 Å². The predicted octanol–water partition coefficient (Wildman–Crippen LogP) is 2.39. The number of nitrogens with zero attached hydrogens (tertiary/aromatic N) is 3. The summed E-state index contributed by atoms with van der Waals surface area (Å²) in [4.78, 5) is 50.3. The first-order valence-corrected chi connectivity index (χ1v) is 17.1. The Labute approximate surface area is 279 Å². The molecule has 19 heteroatoms. The number of ether oxygens (including phenoxy) is 6. The molecule has 6 N–H and O–H groups in total. The van der Waals surface area contributed by atoms with Crippen molar-refractivity contribution in [2.24, 2.45) is 28.7 Å². The van der Waals surface area contributed by atoms with Crippen LogP contribution in [0.1, 0.15) is 47.5 Å². The Morgan fingerprint density at radius 3 is 2.06 bits per heavy atom. The third-order valence-electron chi connectivity index (χ3n) is 8.14. The molecule has 270 valence electrons. The molecule has 48 heavy (non-hydrogen) atoms. The molecule has 2 aliphatic rings. The number of rotatable bonds is 18. The van der Waals surface area contributed by atoms with Crippen LogP contribution in [0.5, 0.6) is 5.88 Å². The van der Waals surface area contributed by atoms with Gasteiger partial charge in [-0.25, -0.2) is 15.0 Å². The predicted molar refractivity (Wildman–Crippen MR) is 173 cm³/mol. The molecule has 2 fully saturated rings. The lowest BCUT2D eigenvalue weighted by Crippen LogP contribution is -2.47. The number of hydrogen-bond donors (Lipinski definition) is 4. The number of anilines is 2. The standard InChI is InChI=1S/C29H48N7O11P/c1-14(2)10-18(25(37)43-8)35-48(40,36-19(11-15(3)4)26(38)44-9)45-13-20(41-6)22-29(47-28(39)46-22)16(5)17(29)12-32-21-23(30)33-27(31)34-24(21)42-7/h12,14-20,22H,10-11,13H2,1-9H3,(H2,35,36,40)(H4,30,31,33,34)/b32-12-. The molecule has 1 aliphatic carbocycles. The lowest BCUT2D eigenvalue weighted by atomic mass is 10.0. The highest BCUT2D eigenvalue weighted by atomic mass is 31.2. The highest BCUT2D eigenvalue weighted by Crippen LogP contribution is 2.59. The van der Waals surface area contributed by atoms with Crippen LogP contribution in [-0.2, 0) is 42.4 Å². The quantitative estimate of drug-likeness (QED) is 0.0742. The van der Waals surface area contributed by atoms with Gasteiger partial charge in [0.1, 0.15) is 18.2 Å². The molecule has 0 amide bonds. The van der Waals surface area contributed by atoms with E-state index in [4.69, 9.17) is 44.4 Å². The summed E-state index contributed by atoms with van der Waals surface area (Å²) in [5.74, 6) is -2.21. The van der Waals surface area contributed by atoms with Crippen molar-refractivity contribution in [1.29, 1.82) is 0 Å². The fourth-order valence-electron chi connectivity index (χ4n) is 5.73. The second-order valence-corrected chi connectivity index (χ2v) is 14.3. The second kappa shape index (κ2) is 16.2. The second-order valence-electron chi connectivity index (χ2n) is 12.5. The monoisotopic (exact) mass is 701 g/mol. The highest BCUT2D eigenvalue weighted by molar-refractivity contribution is 7.54. The van der Waals surface area contributed by atoms with E-state index in [-0.39, 0.29) is 53.9 Å². The molecule has 2 heterocycles. The normalized spacial score (nSPS) is 25.0. The van der Waals surface area contributed by atoms with Gasteiger partial charge in [-0.3, -0.25) is 19.1 Å². The molecule has 7 atom stereocenters. The molecule has 7 unspecified atom stereocenters. The minimum absolute atomic E-state index is 0.00572. The number of aliphatic imine (C=N–C) groups is 1. The Morgan fingerprint density at radius 1 is 1.02 bits per heavy atom. The van der Waals surface area contributed by atoms with E-state index in [9.17, 15) is 18.9 Å². The minimum Gasteiger partial charge on any atom is -0.479 e. The van der Waals surface area contributed by atoms with Gasteiger partial charge < -0.3 is 44.4 Å². The van der Waals surface area contributed by atoms with E-state index in [0.717, 1.165) is 0 Å². The number of nitrogens with one attached hydrogen (secondary N) is 2. The van der Waals surface area contributed by atoms with E-state index in [1.165, 1.54) is 34.7 Å². The summed E-state index contributed by atoms with van der Waals surface area (Å²) in [6, 6.07) is -2.12. The molecule has 0 radical (unpaired) electrons. The van der Waals surface area contributed by atoms with Crippen LogP contribution in [0.25, 0.3) is 0 Å². The molecule has 0 bridgehead atoms. The number of cyclic esters (lactones) is 1. The zero-order chi connectivity index (χ0) is 36.0. The number of hydrogen-bond acceptors (Lipinski definition) is 16. The number of aromatic nitrogens is 2. The van der Waals surface area contributed by atoms with Crippen LogP contribution in [0, 0.1) is 23.7 Å². The van der Waals surface area contributed by atoms with Crippen LogP contribution >= 0.6 is 7.67 Å². The van der Waals surface area contributed by atoms with Crippen LogP contribution in [-0.4, -0.2) is 99.2 Å². The molecule has 1 spiro atoms. The van der Waals surface area contributed by atoms with E-state index < -0.39 is 68.2 Å². The summed E-state index contributed by atoms with van der Waals surface area (Å²) in [6.45, 7) is 8.91. The maximum Gasteiger partial charge on any atom is 0.509 e. The lowest BCUT2D eigenvalue weighted by Gasteiger charge is -2.31. The molecule has 18 nitrogen and oxygen atoms in total. The number of carbonyl (C=O) groups excluding carboxylic acids is 3. The fraction of sp³-hybridized carbons (Fsp3) is 0.724. The Balaban J connectivity index is 1.91. The van der Waals surface area contributed by atoms with E-state index in [2.05, 4.69) is 25.1 Å². The van der Waals surface area contributed by atoms with E-state index in [0.29, 0.717) is 0 Å². The van der Waals surface area contributed by atoms with Crippen molar-refractivity contribution in [3.8, 4) is 5.88 Å². The van der Waals surface area contributed by atoms with E-state index in [1.54, 1.807) is 0 Å². The van der Waals surface area contributed by atoms with Crippen LogP contribution < -0.4 is 26.4 Å². The number of nitrogens with two attached hydrogens (primary N) is 2. The van der Waals surface area contributed by atoms with Gasteiger partial charge in [0.25, 0.3) is 0 Å². The summed E-state index contributed by atoms with van der Waals surface area (Å²) in [7, 11) is 0.894. The third-order valence-corrected chi connectivity index (χ3v) is 9.96.